The Morgan fingerprint density at radius 3 is 2.39 bits per heavy atom. The van der Waals surface area contributed by atoms with Crippen LogP contribution >= 0.6 is 11.8 Å². The lowest BCUT2D eigenvalue weighted by Gasteiger charge is -2.06. The smallest absolute Gasteiger partial charge is 0.416 e. The highest BCUT2D eigenvalue weighted by atomic mass is 32.2. The molecule has 0 amide bonds. The highest BCUT2D eigenvalue weighted by molar-refractivity contribution is 7.98. The molecule has 0 saturated heterocycles. The van der Waals surface area contributed by atoms with Crippen LogP contribution in [-0.4, -0.2) is 32.4 Å². The molecular weight excluding hydrogens is 431 g/mol. The molecule has 0 saturated carbocycles. The molecular formula is C21H20F3N3O3S. The molecule has 0 aliphatic carbocycles. The van der Waals surface area contributed by atoms with E-state index in [1.807, 2.05) is 19.1 Å². The van der Waals surface area contributed by atoms with Crippen LogP contribution in [0.1, 0.15) is 24.7 Å². The van der Waals surface area contributed by atoms with E-state index in [9.17, 15) is 18.0 Å². The first-order valence-corrected chi connectivity index (χ1v) is 10.4. The van der Waals surface area contributed by atoms with Gasteiger partial charge in [-0.25, -0.2) is 14.5 Å². The zero-order valence-corrected chi connectivity index (χ0v) is 17.4. The van der Waals surface area contributed by atoms with Crippen LogP contribution in [0.25, 0.3) is 11.4 Å². The standard InChI is InChI=1S/C21H20F3N3O3S/c1-2-11-27-18(13-31-17-9-7-16(8-10-17)30-12-19(28)29)25-20(26-27)14-3-5-15(6-4-14)21(22,23)24/h3-10H,2,11-13H2,1H3,(H,28,29). The molecule has 0 radical (unpaired) electrons. The minimum atomic E-state index is -4.39. The molecule has 2 aromatic carbocycles. The molecule has 10 heteroatoms. The zero-order valence-electron chi connectivity index (χ0n) is 16.6. The molecule has 0 aliphatic heterocycles. The van der Waals surface area contributed by atoms with Crippen LogP contribution in [0.4, 0.5) is 13.2 Å². The zero-order chi connectivity index (χ0) is 22.4. The Balaban J connectivity index is 1.71. The summed E-state index contributed by atoms with van der Waals surface area (Å²) in [5.41, 5.74) is -0.190. The van der Waals surface area contributed by atoms with Crippen molar-refractivity contribution < 1.29 is 27.8 Å². The van der Waals surface area contributed by atoms with Crippen molar-refractivity contribution in [1.82, 2.24) is 14.8 Å². The van der Waals surface area contributed by atoms with Crippen LogP contribution in [-0.2, 0) is 23.3 Å². The van der Waals surface area contributed by atoms with E-state index in [1.165, 1.54) is 23.9 Å². The van der Waals surface area contributed by atoms with Crippen molar-refractivity contribution in [2.24, 2.45) is 0 Å². The maximum atomic E-state index is 12.8. The summed E-state index contributed by atoms with van der Waals surface area (Å²) in [7, 11) is 0. The minimum absolute atomic E-state index is 0.384. The van der Waals surface area contributed by atoms with Crippen molar-refractivity contribution in [2.75, 3.05) is 6.61 Å². The maximum Gasteiger partial charge on any atom is 0.416 e. The van der Waals surface area contributed by atoms with Gasteiger partial charge in [0.05, 0.1) is 11.3 Å². The second kappa shape index (κ2) is 9.86. The van der Waals surface area contributed by atoms with E-state index in [0.29, 0.717) is 35.3 Å². The van der Waals surface area contributed by atoms with E-state index in [2.05, 4.69) is 10.1 Å². The van der Waals surface area contributed by atoms with Gasteiger partial charge in [-0.1, -0.05) is 19.1 Å². The summed E-state index contributed by atoms with van der Waals surface area (Å²) in [5, 5.41) is 13.1. The molecule has 6 nitrogen and oxygen atoms in total. The summed E-state index contributed by atoms with van der Waals surface area (Å²) >= 11 is 1.52. The fourth-order valence-electron chi connectivity index (χ4n) is 2.73. The van der Waals surface area contributed by atoms with Gasteiger partial charge in [0.15, 0.2) is 12.4 Å². The van der Waals surface area contributed by atoms with E-state index < -0.39 is 24.3 Å². The highest BCUT2D eigenvalue weighted by Gasteiger charge is 2.30. The average molecular weight is 451 g/mol. The number of aliphatic carboxylic acids is 1. The predicted octanol–water partition coefficient (Wildman–Crippen LogP) is 5.13. The number of hydrogen-bond acceptors (Lipinski definition) is 5. The summed E-state index contributed by atoms with van der Waals surface area (Å²) < 4.78 is 45.2. The number of carboxylic acid groups (broad SMARTS) is 1. The Labute approximate surface area is 181 Å². The van der Waals surface area contributed by atoms with E-state index in [1.54, 1.807) is 16.8 Å². The monoisotopic (exact) mass is 451 g/mol. The van der Waals surface area contributed by atoms with Gasteiger partial charge >= 0.3 is 12.1 Å². The Morgan fingerprint density at radius 2 is 1.81 bits per heavy atom. The van der Waals surface area contributed by atoms with Crippen molar-refractivity contribution in [1.29, 1.82) is 0 Å². The maximum absolute atomic E-state index is 12.8. The van der Waals surface area contributed by atoms with Gasteiger partial charge in [0, 0.05) is 17.0 Å². The third kappa shape index (κ3) is 6.24. The van der Waals surface area contributed by atoms with Crippen LogP contribution in [0.15, 0.2) is 53.4 Å². The number of carboxylic acids is 1. The number of rotatable bonds is 9. The Kier molecular flexibility index (Phi) is 7.21. The summed E-state index contributed by atoms with van der Waals surface area (Å²) in [5.74, 6) is 1.04. The molecule has 3 aromatic rings. The van der Waals surface area contributed by atoms with E-state index in [0.717, 1.165) is 23.4 Å². The van der Waals surface area contributed by atoms with E-state index in [4.69, 9.17) is 9.84 Å². The van der Waals surface area contributed by atoms with E-state index >= 15 is 0 Å². The summed E-state index contributed by atoms with van der Waals surface area (Å²) in [4.78, 5) is 16.0. The molecule has 0 atom stereocenters. The van der Waals surface area contributed by atoms with Crippen LogP contribution in [0, 0.1) is 0 Å². The molecule has 0 aliphatic rings. The minimum Gasteiger partial charge on any atom is -0.482 e. The third-order valence-electron chi connectivity index (χ3n) is 4.21. The number of thioether (sulfide) groups is 1. The first-order chi connectivity index (χ1) is 14.8. The lowest BCUT2D eigenvalue weighted by atomic mass is 10.1. The van der Waals surface area contributed by atoms with Crippen molar-refractivity contribution in [2.45, 2.75) is 36.7 Å². The van der Waals surface area contributed by atoms with Crippen LogP contribution in [0.5, 0.6) is 5.75 Å². The molecule has 1 heterocycles. The highest BCUT2D eigenvalue weighted by Crippen LogP contribution is 2.31. The summed E-state index contributed by atoms with van der Waals surface area (Å²) in [6.45, 7) is 2.25. The lowest BCUT2D eigenvalue weighted by molar-refractivity contribution is -0.139. The van der Waals surface area contributed by atoms with Gasteiger partial charge in [0.1, 0.15) is 11.6 Å². The van der Waals surface area contributed by atoms with E-state index in [-0.39, 0.29) is 0 Å². The number of nitrogens with zero attached hydrogens (tertiary/aromatic N) is 3. The quantitative estimate of drug-likeness (QED) is 0.455. The Bertz CT molecular complexity index is 1020. The average Bonchev–Trinajstić information content (AvgIpc) is 3.14. The molecule has 164 valence electrons. The van der Waals surface area contributed by atoms with Crippen LogP contribution in [0.2, 0.25) is 0 Å². The molecule has 0 unspecified atom stereocenters. The Hall–Kier alpha value is -3.01. The molecule has 0 spiro atoms. The molecule has 1 N–H and O–H groups in total. The number of aromatic nitrogens is 3. The van der Waals surface area contributed by atoms with Gasteiger partial charge in [-0.2, -0.15) is 18.3 Å². The number of aryl methyl sites for hydroxylation is 1. The van der Waals surface area contributed by atoms with Gasteiger partial charge in [0.2, 0.25) is 0 Å². The number of carbonyl (C=O) groups is 1. The van der Waals surface area contributed by atoms with Gasteiger partial charge in [-0.3, -0.25) is 0 Å². The van der Waals surface area contributed by atoms with Gasteiger partial charge in [-0.15, -0.1) is 11.8 Å². The fourth-order valence-corrected chi connectivity index (χ4v) is 3.57. The summed E-state index contributed by atoms with van der Waals surface area (Å²) in [6.07, 6.45) is -3.55. The predicted molar refractivity (Wildman–Crippen MR) is 110 cm³/mol. The number of hydrogen-bond donors (Lipinski definition) is 1. The van der Waals surface area contributed by atoms with Crippen molar-refractivity contribution in [3.8, 4) is 17.1 Å². The number of alkyl halides is 3. The molecule has 0 bridgehead atoms. The first kappa shape index (κ1) is 22.7. The number of benzene rings is 2. The molecule has 3 rings (SSSR count). The molecule has 1 aromatic heterocycles. The number of ether oxygens (including phenoxy) is 1. The van der Waals surface area contributed by atoms with Crippen molar-refractivity contribution in [3.63, 3.8) is 0 Å². The largest absolute Gasteiger partial charge is 0.482 e. The van der Waals surface area contributed by atoms with Gasteiger partial charge in [0.25, 0.3) is 0 Å². The third-order valence-corrected chi connectivity index (χ3v) is 5.22. The SMILES string of the molecule is CCCn1nc(-c2ccc(C(F)(F)F)cc2)nc1CSc1ccc(OCC(=O)O)cc1. The van der Waals surface area contributed by atoms with Crippen LogP contribution < -0.4 is 4.74 Å². The molecule has 31 heavy (non-hydrogen) atoms. The molecule has 0 fully saturated rings. The summed E-state index contributed by atoms with van der Waals surface area (Å²) in [6, 6.07) is 11.8. The second-order valence-electron chi connectivity index (χ2n) is 6.59. The second-order valence-corrected chi connectivity index (χ2v) is 7.64. The topological polar surface area (TPSA) is 77.2 Å². The van der Waals surface area contributed by atoms with Gasteiger partial charge < -0.3 is 9.84 Å². The normalized spacial score (nSPS) is 11.5. The Morgan fingerprint density at radius 1 is 1.13 bits per heavy atom. The van der Waals surface area contributed by atoms with Crippen LogP contribution in [0.3, 0.4) is 0 Å². The number of halogens is 3. The lowest BCUT2D eigenvalue weighted by Crippen LogP contribution is -2.09. The fraction of sp³-hybridized carbons (Fsp3) is 0.286. The van der Waals surface area contributed by atoms with Gasteiger partial charge in [-0.05, 0) is 42.8 Å². The van der Waals surface area contributed by atoms with Crippen molar-refractivity contribution in [3.05, 3.63) is 59.9 Å². The van der Waals surface area contributed by atoms with Crippen molar-refractivity contribution >= 4 is 17.7 Å². The first-order valence-electron chi connectivity index (χ1n) is 9.45.